The van der Waals surface area contributed by atoms with Gasteiger partial charge in [0.2, 0.25) is 0 Å². The van der Waals surface area contributed by atoms with Gasteiger partial charge in [0.1, 0.15) is 17.3 Å². The van der Waals surface area contributed by atoms with E-state index >= 15 is 0 Å². The van der Waals surface area contributed by atoms with E-state index in [9.17, 15) is 0 Å². The van der Waals surface area contributed by atoms with Crippen molar-refractivity contribution < 1.29 is 9.47 Å². The molecule has 114 valence electrons. The summed E-state index contributed by atoms with van der Waals surface area (Å²) in [6.07, 6.45) is 1.64. The predicted molar refractivity (Wildman–Crippen MR) is 88.1 cm³/mol. The van der Waals surface area contributed by atoms with Crippen LogP contribution in [0.4, 0.5) is 0 Å². The van der Waals surface area contributed by atoms with E-state index in [0.717, 1.165) is 28.5 Å². The predicted octanol–water partition coefficient (Wildman–Crippen LogP) is 3.69. The van der Waals surface area contributed by atoms with Gasteiger partial charge in [-0.2, -0.15) is 0 Å². The number of hydrogen-bond acceptors (Lipinski definition) is 3. The van der Waals surface area contributed by atoms with Gasteiger partial charge in [0, 0.05) is 11.6 Å². The minimum Gasteiger partial charge on any atom is -0.497 e. The van der Waals surface area contributed by atoms with Gasteiger partial charge in [-0.25, -0.2) is 0 Å². The molecule has 0 bridgehead atoms. The summed E-state index contributed by atoms with van der Waals surface area (Å²) in [6, 6.07) is 5.73. The summed E-state index contributed by atoms with van der Waals surface area (Å²) in [5, 5.41) is 3.08. The Labute approximate surface area is 127 Å². The van der Waals surface area contributed by atoms with Crippen molar-refractivity contribution in [2.24, 2.45) is 4.99 Å². The summed E-state index contributed by atoms with van der Waals surface area (Å²) in [6.45, 7) is 10.4. The normalized spacial score (nSPS) is 10.8. The van der Waals surface area contributed by atoms with Crippen LogP contribution in [-0.2, 0) is 6.54 Å². The van der Waals surface area contributed by atoms with Gasteiger partial charge in [0.05, 0.1) is 20.8 Å². The highest BCUT2D eigenvalue weighted by Gasteiger charge is 2.06. The first kappa shape index (κ1) is 16.8. The van der Waals surface area contributed by atoms with Crippen molar-refractivity contribution in [2.45, 2.75) is 27.3 Å². The van der Waals surface area contributed by atoms with E-state index in [0.29, 0.717) is 6.54 Å². The fourth-order valence-corrected chi connectivity index (χ4v) is 1.75. The van der Waals surface area contributed by atoms with E-state index in [4.69, 9.17) is 9.47 Å². The van der Waals surface area contributed by atoms with Crippen LogP contribution in [0, 0.1) is 0 Å². The quantitative estimate of drug-likeness (QED) is 0.641. The van der Waals surface area contributed by atoms with Gasteiger partial charge in [-0.1, -0.05) is 12.2 Å². The molecule has 4 nitrogen and oxygen atoms in total. The van der Waals surface area contributed by atoms with Crippen molar-refractivity contribution in [3.05, 3.63) is 47.7 Å². The van der Waals surface area contributed by atoms with Crippen molar-refractivity contribution >= 4 is 5.84 Å². The molecule has 0 radical (unpaired) electrons. The maximum Gasteiger partial charge on any atom is 0.128 e. The largest absolute Gasteiger partial charge is 0.497 e. The first-order valence-electron chi connectivity index (χ1n) is 6.80. The second kappa shape index (κ2) is 8.15. The van der Waals surface area contributed by atoms with E-state index < -0.39 is 0 Å². The third kappa shape index (κ3) is 4.67. The van der Waals surface area contributed by atoms with E-state index in [1.807, 2.05) is 25.1 Å². The Morgan fingerprint density at radius 1 is 1.24 bits per heavy atom. The van der Waals surface area contributed by atoms with Crippen molar-refractivity contribution in [3.8, 4) is 11.5 Å². The third-order valence-corrected chi connectivity index (χ3v) is 3.25. The Bertz CT molecular complexity index is 556. The van der Waals surface area contributed by atoms with E-state index in [1.165, 1.54) is 5.57 Å². The molecule has 0 saturated carbocycles. The zero-order chi connectivity index (χ0) is 15.8. The molecule has 0 aliphatic carbocycles. The van der Waals surface area contributed by atoms with E-state index in [2.05, 4.69) is 30.7 Å². The number of amidine groups is 1. The lowest BCUT2D eigenvalue weighted by atomic mass is 10.1. The Morgan fingerprint density at radius 3 is 2.48 bits per heavy atom. The fraction of sp³-hybridized carbons (Fsp3) is 0.353. The molecule has 0 unspecified atom stereocenters. The fourth-order valence-electron chi connectivity index (χ4n) is 1.75. The molecule has 21 heavy (non-hydrogen) atoms. The first-order chi connectivity index (χ1) is 10.0. The first-order valence-corrected chi connectivity index (χ1v) is 6.80. The maximum absolute atomic E-state index is 5.39. The highest BCUT2D eigenvalue weighted by molar-refractivity contribution is 5.98. The molecule has 1 rings (SSSR count). The van der Waals surface area contributed by atoms with Crippen molar-refractivity contribution in [1.82, 2.24) is 5.32 Å². The van der Waals surface area contributed by atoms with Crippen LogP contribution in [0.2, 0.25) is 0 Å². The van der Waals surface area contributed by atoms with Crippen molar-refractivity contribution in [2.75, 3.05) is 14.2 Å². The van der Waals surface area contributed by atoms with Gasteiger partial charge in [0.15, 0.2) is 0 Å². The molecular weight excluding hydrogens is 264 g/mol. The number of aliphatic imine (C=N–C) groups is 1. The minimum absolute atomic E-state index is 0.522. The molecule has 1 N–H and O–H groups in total. The summed E-state index contributed by atoms with van der Waals surface area (Å²) in [5.41, 5.74) is 3.33. The van der Waals surface area contributed by atoms with E-state index in [-0.39, 0.29) is 0 Å². The smallest absolute Gasteiger partial charge is 0.128 e. The standard InChI is InChI=1S/C17H24N2O2/c1-7-18-17(13(4)12(2)3)19-11-14-8-9-15(20-5)10-16(14)21-6/h7-10H,1,11H2,2-6H3,(H,18,19). The lowest BCUT2D eigenvalue weighted by Crippen LogP contribution is -2.19. The summed E-state index contributed by atoms with van der Waals surface area (Å²) >= 11 is 0. The van der Waals surface area contributed by atoms with Crippen LogP contribution < -0.4 is 14.8 Å². The van der Waals surface area contributed by atoms with Crippen LogP contribution in [0.3, 0.4) is 0 Å². The molecule has 0 heterocycles. The van der Waals surface area contributed by atoms with Crippen LogP contribution in [-0.4, -0.2) is 20.1 Å². The summed E-state index contributed by atoms with van der Waals surface area (Å²) in [4.78, 5) is 4.62. The lowest BCUT2D eigenvalue weighted by Gasteiger charge is -2.11. The maximum atomic E-state index is 5.39. The number of hydrogen-bond donors (Lipinski definition) is 1. The molecule has 0 aromatic heterocycles. The molecule has 0 saturated heterocycles. The van der Waals surface area contributed by atoms with Crippen LogP contribution >= 0.6 is 0 Å². The number of allylic oxidation sites excluding steroid dienone is 1. The van der Waals surface area contributed by atoms with Gasteiger partial charge < -0.3 is 14.8 Å². The molecule has 0 spiro atoms. The summed E-state index contributed by atoms with van der Waals surface area (Å²) < 4.78 is 10.6. The van der Waals surface area contributed by atoms with Crippen LogP contribution in [0.15, 0.2) is 47.1 Å². The zero-order valence-corrected chi connectivity index (χ0v) is 13.5. The number of benzene rings is 1. The molecule has 1 aromatic rings. The van der Waals surface area contributed by atoms with Gasteiger partial charge >= 0.3 is 0 Å². The lowest BCUT2D eigenvalue weighted by molar-refractivity contribution is 0.391. The van der Waals surface area contributed by atoms with Gasteiger partial charge in [0.25, 0.3) is 0 Å². The van der Waals surface area contributed by atoms with Crippen LogP contribution in [0.1, 0.15) is 26.3 Å². The Kier molecular flexibility index (Phi) is 6.53. The molecule has 4 heteroatoms. The summed E-state index contributed by atoms with van der Waals surface area (Å²) in [7, 11) is 3.28. The SMILES string of the molecule is C=CNC(=NCc1ccc(OC)cc1OC)C(C)=C(C)C. The molecule has 1 aromatic carbocycles. The molecular formula is C17H24N2O2. The number of nitrogens with zero attached hydrogens (tertiary/aromatic N) is 1. The number of nitrogens with one attached hydrogen (secondary N) is 1. The van der Waals surface area contributed by atoms with Gasteiger partial charge in [-0.05, 0) is 44.7 Å². The molecule has 0 fully saturated rings. The molecule has 0 amide bonds. The Balaban J connectivity index is 3.05. The Morgan fingerprint density at radius 2 is 1.95 bits per heavy atom. The monoisotopic (exact) mass is 288 g/mol. The average Bonchev–Trinajstić information content (AvgIpc) is 2.50. The highest BCUT2D eigenvalue weighted by Crippen LogP contribution is 2.25. The topological polar surface area (TPSA) is 42.9 Å². The number of rotatable bonds is 6. The molecule has 0 aliphatic rings. The average molecular weight is 288 g/mol. The number of ether oxygens (including phenoxy) is 2. The Hall–Kier alpha value is -2.23. The minimum atomic E-state index is 0.522. The second-order valence-corrected chi connectivity index (χ2v) is 4.82. The third-order valence-electron chi connectivity index (χ3n) is 3.25. The van der Waals surface area contributed by atoms with Gasteiger partial charge in [-0.3, -0.25) is 4.99 Å². The second-order valence-electron chi connectivity index (χ2n) is 4.82. The highest BCUT2D eigenvalue weighted by atomic mass is 16.5. The van der Waals surface area contributed by atoms with Gasteiger partial charge in [-0.15, -0.1) is 0 Å². The molecule has 0 aliphatic heterocycles. The van der Waals surface area contributed by atoms with Crippen molar-refractivity contribution in [3.63, 3.8) is 0 Å². The van der Waals surface area contributed by atoms with Crippen LogP contribution in [0.25, 0.3) is 0 Å². The summed E-state index contributed by atoms with van der Waals surface area (Å²) in [5.74, 6) is 2.36. The molecule has 0 atom stereocenters. The van der Waals surface area contributed by atoms with Crippen molar-refractivity contribution in [1.29, 1.82) is 0 Å². The number of methoxy groups -OCH3 is 2. The zero-order valence-electron chi connectivity index (χ0n) is 13.5. The van der Waals surface area contributed by atoms with E-state index in [1.54, 1.807) is 20.4 Å². The van der Waals surface area contributed by atoms with Crippen LogP contribution in [0.5, 0.6) is 11.5 Å².